The molecule has 1 fully saturated rings. The van der Waals surface area contributed by atoms with E-state index >= 15 is 0 Å². The van der Waals surface area contributed by atoms with Crippen LogP contribution in [0.15, 0.2) is 11.1 Å². The van der Waals surface area contributed by atoms with Gasteiger partial charge in [-0.25, -0.2) is 4.98 Å². The van der Waals surface area contributed by atoms with E-state index in [-0.39, 0.29) is 11.5 Å². The van der Waals surface area contributed by atoms with E-state index in [1.54, 1.807) is 11.3 Å². The molecule has 5 nitrogen and oxygen atoms in total. The summed E-state index contributed by atoms with van der Waals surface area (Å²) in [5.74, 6) is -0.0687. The number of fused-ring (bicyclic) bond motifs is 1. The molecule has 3 rings (SSSR count). The van der Waals surface area contributed by atoms with Crippen molar-refractivity contribution in [3.63, 3.8) is 0 Å². The van der Waals surface area contributed by atoms with Crippen LogP contribution in [-0.4, -0.2) is 22.0 Å². The van der Waals surface area contributed by atoms with Crippen molar-refractivity contribution in [3.05, 3.63) is 27.1 Å². The highest BCUT2D eigenvalue weighted by molar-refractivity contribution is 7.18. The predicted molar refractivity (Wildman–Crippen MR) is 83.9 cm³/mol. The smallest absolute Gasteiger partial charge is 0.263 e. The number of rotatable bonds is 2. The zero-order chi connectivity index (χ0) is 15.0. The molecule has 1 unspecified atom stereocenters. The normalized spacial score (nSPS) is 19.5. The zero-order valence-electron chi connectivity index (χ0n) is 12.3. The Morgan fingerprint density at radius 3 is 3.00 bits per heavy atom. The summed E-state index contributed by atoms with van der Waals surface area (Å²) in [5.41, 5.74) is 0.985. The Morgan fingerprint density at radius 2 is 2.24 bits per heavy atom. The number of aromatic nitrogens is 2. The second-order valence-corrected chi connectivity index (χ2v) is 6.63. The Morgan fingerprint density at radius 1 is 1.43 bits per heavy atom. The molecule has 2 aromatic heterocycles. The lowest BCUT2D eigenvalue weighted by atomic mass is 10.1. The predicted octanol–water partition coefficient (Wildman–Crippen LogP) is 2.17. The number of nitrogens with one attached hydrogen (secondary N) is 1. The van der Waals surface area contributed by atoms with Gasteiger partial charge in [0.25, 0.3) is 5.56 Å². The van der Waals surface area contributed by atoms with Crippen LogP contribution in [0.5, 0.6) is 0 Å². The minimum atomic E-state index is -0.429. The summed E-state index contributed by atoms with van der Waals surface area (Å²) in [6.07, 6.45) is 4.95. The van der Waals surface area contributed by atoms with Crippen molar-refractivity contribution in [2.45, 2.75) is 45.6 Å². The number of aryl methyl sites for hydroxylation is 2. The third-order valence-electron chi connectivity index (χ3n) is 4.13. The summed E-state index contributed by atoms with van der Waals surface area (Å²) in [6, 6.07) is -0.429. The van der Waals surface area contributed by atoms with Crippen LogP contribution >= 0.6 is 11.3 Å². The number of thiophene rings is 1. The first kappa shape index (κ1) is 14.3. The maximum Gasteiger partial charge on any atom is 0.263 e. The molecule has 1 aliphatic rings. The average Bonchev–Trinajstić information content (AvgIpc) is 2.64. The van der Waals surface area contributed by atoms with E-state index in [4.69, 9.17) is 0 Å². The van der Waals surface area contributed by atoms with Crippen LogP contribution in [0, 0.1) is 6.92 Å². The van der Waals surface area contributed by atoms with Gasteiger partial charge in [0.1, 0.15) is 10.9 Å². The molecule has 0 spiro atoms. The molecule has 6 heteroatoms. The molecule has 1 aliphatic heterocycles. The van der Waals surface area contributed by atoms with Crippen LogP contribution < -0.4 is 10.9 Å². The molecule has 0 aliphatic carbocycles. The Kier molecular flexibility index (Phi) is 3.80. The highest BCUT2D eigenvalue weighted by atomic mass is 32.1. The second kappa shape index (κ2) is 5.60. The van der Waals surface area contributed by atoms with Gasteiger partial charge >= 0.3 is 0 Å². The standard InChI is InChI=1S/C15H19N3O2S/c1-3-10-9(2)21-14-12(10)15(20)18(8-17-14)11-6-4-5-7-16-13(11)19/h8,11H,3-7H2,1-2H3,(H,16,19). The molecule has 1 atom stereocenters. The molecule has 21 heavy (non-hydrogen) atoms. The minimum absolute atomic E-state index is 0.0687. The number of carbonyl (C=O) groups excluding carboxylic acids is 1. The minimum Gasteiger partial charge on any atom is -0.354 e. The van der Waals surface area contributed by atoms with Crippen molar-refractivity contribution >= 4 is 27.5 Å². The van der Waals surface area contributed by atoms with Crippen LogP contribution in [0.25, 0.3) is 10.2 Å². The van der Waals surface area contributed by atoms with Gasteiger partial charge in [-0.2, -0.15) is 0 Å². The lowest BCUT2D eigenvalue weighted by Crippen LogP contribution is -2.36. The highest BCUT2D eigenvalue weighted by Crippen LogP contribution is 2.28. The summed E-state index contributed by atoms with van der Waals surface area (Å²) >= 11 is 1.55. The fourth-order valence-corrected chi connectivity index (χ4v) is 4.08. The number of carbonyl (C=O) groups is 1. The third-order valence-corrected chi connectivity index (χ3v) is 5.19. The number of nitrogens with zero attached hydrogens (tertiary/aromatic N) is 2. The first-order valence-corrected chi connectivity index (χ1v) is 8.22. The molecule has 1 amide bonds. The van der Waals surface area contributed by atoms with Gasteiger partial charge in [-0.15, -0.1) is 11.3 Å². The first-order chi connectivity index (χ1) is 10.1. The van der Waals surface area contributed by atoms with E-state index in [9.17, 15) is 9.59 Å². The fourth-order valence-electron chi connectivity index (χ4n) is 3.01. The van der Waals surface area contributed by atoms with Crippen LogP contribution in [-0.2, 0) is 11.2 Å². The van der Waals surface area contributed by atoms with Gasteiger partial charge in [-0.05, 0) is 38.2 Å². The summed E-state index contributed by atoms with van der Waals surface area (Å²) in [7, 11) is 0. The van der Waals surface area contributed by atoms with Crippen molar-refractivity contribution in [2.24, 2.45) is 0 Å². The second-order valence-electron chi connectivity index (χ2n) is 5.43. The van der Waals surface area contributed by atoms with Gasteiger partial charge in [-0.3, -0.25) is 14.2 Å². The van der Waals surface area contributed by atoms with Crippen molar-refractivity contribution in [2.75, 3.05) is 6.54 Å². The Bertz CT molecular complexity index is 747. The molecule has 1 saturated heterocycles. The number of hydrogen-bond donors (Lipinski definition) is 1. The molecular weight excluding hydrogens is 286 g/mol. The molecule has 0 saturated carbocycles. The van der Waals surface area contributed by atoms with Gasteiger partial charge in [0.2, 0.25) is 5.91 Å². The van der Waals surface area contributed by atoms with Crippen molar-refractivity contribution < 1.29 is 4.79 Å². The third kappa shape index (κ3) is 2.37. The fraction of sp³-hybridized carbons (Fsp3) is 0.533. The topological polar surface area (TPSA) is 64.0 Å². The Labute approximate surface area is 127 Å². The van der Waals surface area contributed by atoms with E-state index in [1.807, 2.05) is 13.8 Å². The van der Waals surface area contributed by atoms with E-state index < -0.39 is 6.04 Å². The first-order valence-electron chi connectivity index (χ1n) is 7.40. The molecular formula is C15H19N3O2S. The molecule has 1 N–H and O–H groups in total. The monoisotopic (exact) mass is 305 g/mol. The summed E-state index contributed by atoms with van der Waals surface area (Å²) in [4.78, 5) is 31.3. The molecule has 3 heterocycles. The summed E-state index contributed by atoms with van der Waals surface area (Å²) < 4.78 is 1.52. The average molecular weight is 305 g/mol. The summed E-state index contributed by atoms with van der Waals surface area (Å²) in [6.45, 7) is 4.76. The van der Waals surface area contributed by atoms with Crippen molar-refractivity contribution in [1.29, 1.82) is 0 Å². The largest absolute Gasteiger partial charge is 0.354 e. The van der Waals surface area contributed by atoms with E-state index in [1.165, 1.54) is 10.9 Å². The summed E-state index contributed by atoms with van der Waals surface area (Å²) in [5, 5.41) is 3.57. The van der Waals surface area contributed by atoms with Gasteiger partial charge < -0.3 is 5.32 Å². The molecule has 112 valence electrons. The van der Waals surface area contributed by atoms with Gasteiger partial charge in [0.05, 0.1) is 11.7 Å². The molecule has 2 aromatic rings. The maximum atomic E-state index is 12.8. The van der Waals surface area contributed by atoms with Gasteiger partial charge in [0, 0.05) is 11.4 Å². The van der Waals surface area contributed by atoms with Gasteiger partial charge in [-0.1, -0.05) is 6.92 Å². The quantitative estimate of drug-likeness (QED) is 0.925. The van der Waals surface area contributed by atoms with Gasteiger partial charge in [0.15, 0.2) is 0 Å². The Hall–Kier alpha value is -1.69. The van der Waals surface area contributed by atoms with E-state index in [0.29, 0.717) is 18.4 Å². The lowest BCUT2D eigenvalue weighted by molar-refractivity contribution is -0.124. The lowest BCUT2D eigenvalue weighted by Gasteiger charge is -2.16. The van der Waals surface area contributed by atoms with Crippen molar-refractivity contribution in [3.8, 4) is 0 Å². The van der Waals surface area contributed by atoms with Crippen LogP contribution in [0.1, 0.15) is 42.7 Å². The van der Waals surface area contributed by atoms with E-state index in [2.05, 4.69) is 10.3 Å². The SMILES string of the molecule is CCc1c(C)sc2ncn(C3CCCCNC3=O)c(=O)c12. The Balaban J connectivity index is 2.17. The number of amides is 1. The molecule has 0 aromatic carbocycles. The highest BCUT2D eigenvalue weighted by Gasteiger charge is 2.25. The molecule has 0 bridgehead atoms. The zero-order valence-corrected chi connectivity index (χ0v) is 13.1. The van der Waals surface area contributed by atoms with Crippen molar-refractivity contribution in [1.82, 2.24) is 14.9 Å². The number of hydrogen-bond acceptors (Lipinski definition) is 4. The maximum absolute atomic E-state index is 12.8. The van der Waals surface area contributed by atoms with Crippen LogP contribution in [0.3, 0.4) is 0 Å². The van der Waals surface area contributed by atoms with Crippen LogP contribution in [0.2, 0.25) is 0 Å². The van der Waals surface area contributed by atoms with E-state index in [0.717, 1.165) is 34.5 Å². The molecule has 0 radical (unpaired) electrons. The van der Waals surface area contributed by atoms with Crippen LogP contribution in [0.4, 0.5) is 0 Å².